The Balaban J connectivity index is 1.32. The van der Waals surface area contributed by atoms with Crippen LogP contribution in [0.2, 0.25) is 0 Å². The van der Waals surface area contributed by atoms with Crippen LogP contribution in [-0.2, 0) is 33.5 Å². The maximum atomic E-state index is 15.8. The first-order chi connectivity index (χ1) is 27.4. The molecule has 1 aliphatic heterocycles. The number of rotatable bonds is 4. The monoisotopic (exact) mass is 814 g/mol. The van der Waals surface area contributed by atoms with E-state index in [1.807, 2.05) is 52.0 Å². The van der Waals surface area contributed by atoms with Crippen molar-refractivity contribution < 1.29 is 35.6 Å². The number of carbonyl (C=O) groups excluding carboxylic acids is 1. The summed E-state index contributed by atoms with van der Waals surface area (Å²) >= 11 is 0. The Morgan fingerprint density at radius 1 is 1.03 bits per heavy atom. The lowest BCUT2D eigenvalue weighted by Crippen LogP contribution is -2.29. The standard InChI is InChI=1S/C43H45F3N6O5S/c1-24(40(53)48-38-25(2)26(3)57-51-38)20-27-10-8-11-28(21-27)43(6)17-9-16-42(4,5)23-58(54,55)19-15-31-30-14-18-47-36(30)34(45)35(46)37(31)56-29-12-13-33(44)32(22-29)39-49-41(43)50-52(39)7/h8,10-14,18,20-22,47H,9,15-17,19,23H2,1-7H3,(H,48,51,53)/t43-/m1/s1. The lowest BCUT2D eigenvalue weighted by atomic mass is 9.75. The zero-order chi connectivity index (χ0) is 41.7. The van der Waals surface area contributed by atoms with Crippen molar-refractivity contribution in [2.45, 2.75) is 72.6 Å². The van der Waals surface area contributed by atoms with Gasteiger partial charge in [-0.25, -0.2) is 26.9 Å². The van der Waals surface area contributed by atoms with Gasteiger partial charge in [0.2, 0.25) is 5.82 Å². The third kappa shape index (κ3) is 7.91. The van der Waals surface area contributed by atoms with Gasteiger partial charge in [0, 0.05) is 35.3 Å². The van der Waals surface area contributed by atoms with Gasteiger partial charge in [0.25, 0.3) is 5.91 Å². The van der Waals surface area contributed by atoms with E-state index in [0.717, 1.165) is 22.8 Å². The molecule has 4 bridgehead atoms. The van der Waals surface area contributed by atoms with Crippen LogP contribution in [-0.4, -0.2) is 50.7 Å². The third-order valence-corrected chi connectivity index (χ3v) is 13.1. The molecule has 3 aromatic heterocycles. The maximum Gasteiger partial charge on any atom is 0.252 e. The van der Waals surface area contributed by atoms with Crippen LogP contribution in [0.15, 0.2) is 64.8 Å². The molecular formula is C43H45F3N6O5S. The largest absolute Gasteiger partial charge is 0.454 e. The average molecular weight is 815 g/mol. The Hall–Kier alpha value is -5.70. The fourth-order valence-electron chi connectivity index (χ4n) is 7.66. The number of amides is 1. The molecule has 0 fully saturated rings. The Bertz CT molecular complexity index is 2720. The predicted molar refractivity (Wildman–Crippen MR) is 216 cm³/mol. The summed E-state index contributed by atoms with van der Waals surface area (Å²) in [5, 5.41) is 11.8. The normalized spacial score (nSPS) is 18.6. The van der Waals surface area contributed by atoms with Gasteiger partial charge < -0.3 is 19.6 Å². The molecule has 7 rings (SSSR count). The van der Waals surface area contributed by atoms with Crippen molar-refractivity contribution in [3.8, 4) is 22.9 Å². The molecule has 0 radical (unpaired) electrons. The van der Waals surface area contributed by atoms with Crippen molar-refractivity contribution in [2.24, 2.45) is 12.5 Å². The number of H-pyrrole nitrogens is 1. The molecule has 11 nitrogen and oxygen atoms in total. The zero-order valence-corrected chi connectivity index (χ0v) is 34.2. The molecule has 0 aliphatic carbocycles. The molecule has 0 saturated heterocycles. The van der Waals surface area contributed by atoms with Crippen LogP contribution in [0.3, 0.4) is 0 Å². The van der Waals surface area contributed by atoms with Gasteiger partial charge in [-0.15, -0.1) is 0 Å². The minimum atomic E-state index is -3.72. The van der Waals surface area contributed by atoms with Crippen LogP contribution in [0.4, 0.5) is 19.0 Å². The summed E-state index contributed by atoms with van der Waals surface area (Å²) in [5.74, 6) is -2.95. The highest BCUT2D eigenvalue weighted by Crippen LogP contribution is 2.41. The minimum absolute atomic E-state index is 0.00643. The molecule has 3 aromatic carbocycles. The minimum Gasteiger partial charge on any atom is -0.454 e. The van der Waals surface area contributed by atoms with Gasteiger partial charge in [0.05, 0.1) is 28.0 Å². The molecule has 0 unspecified atom stereocenters. The van der Waals surface area contributed by atoms with Crippen molar-refractivity contribution in [1.82, 2.24) is 24.9 Å². The molecule has 6 aromatic rings. The molecule has 2 N–H and O–H groups in total. The molecule has 15 heteroatoms. The number of carbonyl (C=O) groups is 1. The molecule has 0 saturated carbocycles. The highest BCUT2D eigenvalue weighted by Gasteiger charge is 2.36. The van der Waals surface area contributed by atoms with E-state index in [4.69, 9.17) is 19.3 Å². The number of ether oxygens (including phenoxy) is 1. The lowest BCUT2D eigenvalue weighted by molar-refractivity contribution is -0.112. The molecule has 304 valence electrons. The zero-order valence-electron chi connectivity index (χ0n) is 33.4. The fraction of sp³-hybridized carbons (Fsp3) is 0.349. The van der Waals surface area contributed by atoms with Crippen LogP contribution in [0.1, 0.15) is 80.8 Å². The fourth-order valence-corrected chi connectivity index (χ4v) is 9.66. The quantitative estimate of drug-likeness (QED) is 0.168. The summed E-state index contributed by atoms with van der Waals surface area (Å²) in [4.78, 5) is 20.7. The third-order valence-electron chi connectivity index (χ3n) is 11.1. The number of hydrogen-bond acceptors (Lipinski definition) is 8. The number of aromatic nitrogens is 5. The highest BCUT2D eigenvalue weighted by atomic mass is 32.2. The predicted octanol–water partition coefficient (Wildman–Crippen LogP) is 9.29. The SMILES string of the molecule is CC(=Cc1cccc([C@@]2(C)CCCC(C)(C)CS(=O)(=O)CCc3c(c(F)c(F)c4[nH]ccc34)Oc3ccc(F)c(c3)-c3nc2nn3C)c1)C(=O)Nc1noc(C)c1C. The van der Waals surface area contributed by atoms with E-state index in [9.17, 15) is 13.2 Å². The second-order valence-corrected chi connectivity index (χ2v) is 18.3. The second-order valence-electron chi connectivity index (χ2n) is 16.1. The van der Waals surface area contributed by atoms with Crippen LogP contribution in [0.25, 0.3) is 28.4 Å². The second kappa shape index (κ2) is 15.2. The summed E-state index contributed by atoms with van der Waals surface area (Å²) in [6.07, 6.45) is 4.63. The van der Waals surface area contributed by atoms with Crippen LogP contribution in [0, 0.1) is 36.7 Å². The molecule has 4 heterocycles. The van der Waals surface area contributed by atoms with Gasteiger partial charge in [-0.05, 0) is 93.8 Å². The summed E-state index contributed by atoms with van der Waals surface area (Å²) < 4.78 is 87.0. The van der Waals surface area contributed by atoms with Gasteiger partial charge in [0.1, 0.15) is 17.3 Å². The van der Waals surface area contributed by atoms with Crippen molar-refractivity contribution >= 4 is 38.5 Å². The summed E-state index contributed by atoms with van der Waals surface area (Å²) in [7, 11) is -2.08. The van der Waals surface area contributed by atoms with Gasteiger partial charge >= 0.3 is 0 Å². The summed E-state index contributed by atoms with van der Waals surface area (Å²) in [5.41, 5.74) is 1.24. The summed E-state index contributed by atoms with van der Waals surface area (Å²) in [6, 6.07) is 12.9. The number of anilines is 1. The van der Waals surface area contributed by atoms with Crippen LogP contribution >= 0.6 is 0 Å². The highest BCUT2D eigenvalue weighted by molar-refractivity contribution is 7.91. The van der Waals surface area contributed by atoms with Crippen LogP contribution in [0.5, 0.6) is 11.5 Å². The molecule has 1 amide bonds. The lowest BCUT2D eigenvalue weighted by Gasteiger charge is -2.30. The molecule has 58 heavy (non-hydrogen) atoms. The number of nitrogens with one attached hydrogen (secondary N) is 2. The van der Waals surface area contributed by atoms with Crippen LogP contribution < -0.4 is 10.1 Å². The smallest absolute Gasteiger partial charge is 0.252 e. The molecular weight excluding hydrogens is 770 g/mol. The Morgan fingerprint density at radius 3 is 2.55 bits per heavy atom. The average Bonchev–Trinajstić information content (AvgIpc) is 3.89. The van der Waals surface area contributed by atoms with Gasteiger partial charge in [-0.3, -0.25) is 4.79 Å². The van der Waals surface area contributed by atoms with Crippen molar-refractivity contribution in [1.29, 1.82) is 0 Å². The van der Waals surface area contributed by atoms with Crippen molar-refractivity contribution in [2.75, 3.05) is 16.8 Å². The molecule has 0 spiro atoms. The first kappa shape index (κ1) is 40.5. The van der Waals surface area contributed by atoms with Gasteiger partial charge in [-0.1, -0.05) is 49.7 Å². The Morgan fingerprint density at radius 2 is 1.81 bits per heavy atom. The van der Waals surface area contributed by atoms with Gasteiger partial charge in [-0.2, -0.15) is 9.49 Å². The number of benzene rings is 3. The number of fused-ring (bicyclic) bond motifs is 8. The summed E-state index contributed by atoms with van der Waals surface area (Å²) in [6.45, 7) is 11.0. The molecule has 1 aliphatic rings. The first-order valence-corrected chi connectivity index (χ1v) is 20.8. The Labute approximate surface area is 334 Å². The van der Waals surface area contributed by atoms with Crippen molar-refractivity contribution in [3.05, 3.63) is 112 Å². The number of sulfone groups is 1. The maximum absolute atomic E-state index is 15.8. The number of aromatic amines is 1. The van der Waals surface area contributed by atoms with E-state index in [-0.39, 0.29) is 57.4 Å². The van der Waals surface area contributed by atoms with E-state index in [1.165, 1.54) is 23.0 Å². The topological polar surface area (TPSA) is 145 Å². The van der Waals surface area contributed by atoms with E-state index in [1.54, 1.807) is 33.0 Å². The van der Waals surface area contributed by atoms with Gasteiger partial charge in [0.15, 0.2) is 38.9 Å². The number of aryl methyl sites for hydroxylation is 3. The first-order valence-electron chi connectivity index (χ1n) is 19.0. The number of hydrogen-bond donors (Lipinski definition) is 2. The van der Waals surface area contributed by atoms with Crippen molar-refractivity contribution in [3.63, 3.8) is 0 Å². The van der Waals surface area contributed by atoms with E-state index >= 15 is 13.2 Å². The number of nitrogens with zero attached hydrogens (tertiary/aromatic N) is 4. The number of halogens is 3. The Kier molecular flexibility index (Phi) is 10.6. The van der Waals surface area contributed by atoms with E-state index < -0.39 is 43.9 Å². The molecule has 1 atom stereocenters. The van der Waals surface area contributed by atoms with E-state index in [2.05, 4.69) is 15.5 Å². The van der Waals surface area contributed by atoms with E-state index in [0.29, 0.717) is 42.2 Å².